The normalized spacial score (nSPS) is 29.4. The van der Waals surface area contributed by atoms with Crippen LogP contribution in [0.25, 0.3) is 0 Å². The Morgan fingerprint density at radius 2 is 1.77 bits per heavy atom. The summed E-state index contributed by atoms with van der Waals surface area (Å²) in [7, 11) is 1.65. The van der Waals surface area contributed by atoms with Gasteiger partial charge in [-0.3, -0.25) is 4.90 Å². The second-order valence-corrected chi connectivity index (χ2v) is 10.6. The predicted octanol–water partition coefficient (Wildman–Crippen LogP) is 2.33. The molecule has 1 aliphatic carbocycles. The zero-order chi connectivity index (χ0) is 23.8. The fourth-order valence-corrected chi connectivity index (χ4v) is 6.55. The Bertz CT molecular complexity index is 1020. The molecule has 0 spiro atoms. The zero-order valence-electron chi connectivity index (χ0n) is 20.7. The highest BCUT2D eigenvalue weighted by atomic mass is 16.5. The Balaban J connectivity index is 0.000000410. The number of anilines is 1. The van der Waals surface area contributed by atoms with Gasteiger partial charge in [0.15, 0.2) is 0 Å². The molecule has 4 unspecified atom stereocenters. The van der Waals surface area contributed by atoms with E-state index in [1.165, 1.54) is 49.9 Å². The number of aromatic nitrogens is 2. The van der Waals surface area contributed by atoms with Crippen LogP contribution in [0.15, 0.2) is 24.3 Å². The number of fused-ring (bicyclic) bond motifs is 4. The number of nitrogens with one attached hydrogen (secondary N) is 2. The van der Waals surface area contributed by atoms with Crippen LogP contribution >= 0.6 is 0 Å². The van der Waals surface area contributed by atoms with Gasteiger partial charge in [-0.1, -0.05) is 24.3 Å². The Morgan fingerprint density at radius 1 is 1.03 bits per heavy atom. The van der Waals surface area contributed by atoms with Crippen molar-refractivity contribution in [2.24, 2.45) is 0 Å². The van der Waals surface area contributed by atoms with Crippen LogP contribution in [0.3, 0.4) is 0 Å². The molecule has 5 heterocycles. The molecular weight excluding hydrogens is 440 g/mol. The van der Waals surface area contributed by atoms with Crippen LogP contribution in [0.1, 0.15) is 66.6 Å². The molecule has 3 N–H and O–H groups in total. The Morgan fingerprint density at radius 3 is 2.46 bits per heavy atom. The van der Waals surface area contributed by atoms with Crippen molar-refractivity contribution in [3.8, 4) is 6.01 Å². The summed E-state index contributed by atoms with van der Waals surface area (Å²) in [6, 6.07) is 10.1. The molecule has 8 nitrogen and oxygen atoms in total. The molecule has 188 valence electrons. The lowest BCUT2D eigenvalue weighted by Gasteiger charge is -2.38. The maximum absolute atomic E-state index is 10.5. The van der Waals surface area contributed by atoms with Crippen molar-refractivity contribution in [1.82, 2.24) is 25.5 Å². The van der Waals surface area contributed by atoms with Crippen molar-refractivity contribution < 1.29 is 9.84 Å². The van der Waals surface area contributed by atoms with E-state index in [9.17, 15) is 5.11 Å². The van der Waals surface area contributed by atoms with Gasteiger partial charge in [0, 0.05) is 49.9 Å². The van der Waals surface area contributed by atoms with E-state index in [1.807, 2.05) is 6.07 Å². The topological polar surface area (TPSA) is 85.8 Å². The molecule has 2 bridgehead atoms. The standard InChI is InChI=1S/C23H29N5O2.C4H9N/c1-30-23-25-19-13-27(20-10-21(29)17-5-3-2-4-16(17)20)9-8-18(19)22(26-23)28-11-14-6-7-15(12-28)24-14;1-2-4-5-3-1/h2-5,14-15,20-21,24,29H,6-13H2,1H3;5H,1-4H2. The third-order valence-electron chi connectivity index (χ3n) is 8.31. The van der Waals surface area contributed by atoms with Crippen LogP contribution in [-0.4, -0.2) is 71.9 Å². The highest BCUT2D eigenvalue weighted by molar-refractivity contribution is 5.52. The van der Waals surface area contributed by atoms with Crippen LogP contribution in [0, 0.1) is 0 Å². The number of rotatable bonds is 3. The summed E-state index contributed by atoms with van der Waals surface area (Å²) < 4.78 is 5.49. The molecule has 0 radical (unpaired) electrons. The molecule has 1 aromatic carbocycles. The van der Waals surface area contributed by atoms with Gasteiger partial charge in [-0.05, 0) is 62.7 Å². The summed E-state index contributed by atoms with van der Waals surface area (Å²) in [6.07, 6.45) is 6.60. The number of aliphatic hydroxyl groups excluding tert-OH is 1. The van der Waals surface area contributed by atoms with Gasteiger partial charge < -0.3 is 25.4 Å². The first-order chi connectivity index (χ1) is 17.2. The lowest BCUT2D eigenvalue weighted by molar-refractivity contribution is 0.115. The fourth-order valence-electron chi connectivity index (χ4n) is 6.55. The average Bonchev–Trinajstić information content (AvgIpc) is 3.65. The molecule has 0 amide bonds. The molecule has 0 saturated carbocycles. The summed E-state index contributed by atoms with van der Waals surface area (Å²) in [5.41, 5.74) is 4.69. The van der Waals surface area contributed by atoms with Crippen LogP contribution in [-0.2, 0) is 13.0 Å². The quantitative estimate of drug-likeness (QED) is 0.620. The van der Waals surface area contributed by atoms with Gasteiger partial charge in [0.1, 0.15) is 5.82 Å². The smallest absolute Gasteiger partial charge is 0.318 e. The number of piperazine rings is 1. The summed E-state index contributed by atoms with van der Waals surface area (Å²) in [5, 5.41) is 17.5. The van der Waals surface area contributed by atoms with Crippen molar-refractivity contribution >= 4 is 5.82 Å². The maximum Gasteiger partial charge on any atom is 0.318 e. The van der Waals surface area contributed by atoms with Gasteiger partial charge in [-0.25, -0.2) is 0 Å². The number of hydrogen-bond donors (Lipinski definition) is 3. The second kappa shape index (κ2) is 10.0. The van der Waals surface area contributed by atoms with Crippen LogP contribution in [0.4, 0.5) is 5.82 Å². The molecular formula is C27H38N6O2. The van der Waals surface area contributed by atoms with Crippen LogP contribution in [0.2, 0.25) is 0 Å². The van der Waals surface area contributed by atoms with E-state index >= 15 is 0 Å². The van der Waals surface area contributed by atoms with Gasteiger partial charge in [0.25, 0.3) is 0 Å². The SMILES string of the molecule is C1CCNC1.COc1nc2c(c(N3CC4CCC(C3)N4)n1)CCN(C1CC(O)c3ccccc31)C2. The minimum Gasteiger partial charge on any atom is -0.467 e. The second-order valence-electron chi connectivity index (χ2n) is 10.6. The van der Waals surface area contributed by atoms with E-state index in [2.05, 4.69) is 38.6 Å². The molecule has 35 heavy (non-hydrogen) atoms. The minimum atomic E-state index is -0.376. The highest BCUT2D eigenvalue weighted by Crippen LogP contribution is 2.44. The van der Waals surface area contributed by atoms with Gasteiger partial charge >= 0.3 is 6.01 Å². The molecule has 3 fully saturated rings. The third-order valence-corrected chi connectivity index (χ3v) is 8.31. The van der Waals surface area contributed by atoms with Gasteiger partial charge in [0.2, 0.25) is 0 Å². The van der Waals surface area contributed by atoms with Crippen molar-refractivity contribution in [3.05, 3.63) is 46.6 Å². The predicted molar refractivity (Wildman–Crippen MR) is 136 cm³/mol. The summed E-state index contributed by atoms with van der Waals surface area (Å²) in [4.78, 5) is 14.5. The minimum absolute atomic E-state index is 0.240. The van der Waals surface area contributed by atoms with E-state index < -0.39 is 0 Å². The van der Waals surface area contributed by atoms with E-state index in [0.29, 0.717) is 18.1 Å². The molecule has 2 aromatic rings. The number of aliphatic hydroxyl groups is 1. The van der Waals surface area contributed by atoms with Gasteiger partial charge in [0.05, 0.1) is 18.9 Å². The molecule has 3 saturated heterocycles. The number of nitrogens with zero attached hydrogens (tertiary/aromatic N) is 4. The molecule has 1 aromatic heterocycles. The maximum atomic E-state index is 10.5. The van der Waals surface area contributed by atoms with Crippen molar-refractivity contribution in [2.75, 3.05) is 44.7 Å². The molecule has 7 rings (SSSR count). The van der Waals surface area contributed by atoms with Crippen LogP contribution < -0.4 is 20.3 Å². The zero-order valence-corrected chi connectivity index (χ0v) is 20.7. The Kier molecular flexibility index (Phi) is 6.62. The Labute approximate surface area is 208 Å². The first-order valence-corrected chi connectivity index (χ1v) is 13.4. The average molecular weight is 479 g/mol. The summed E-state index contributed by atoms with van der Waals surface area (Å²) >= 11 is 0. The molecule has 8 heteroatoms. The monoisotopic (exact) mass is 478 g/mol. The van der Waals surface area contributed by atoms with Crippen molar-refractivity contribution in [3.63, 3.8) is 0 Å². The summed E-state index contributed by atoms with van der Waals surface area (Å²) in [6.45, 7) is 6.25. The molecule has 4 atom stereocenters. The number of ether oxygens (including phenoxy) is 1. The summed E-state index contributed by atoms with van der Waals surface area (Å²) in [5.74, 6) is 1.07. The lowest BCUT2D eigenvalue weighted by atomic mass is 10.00. The molecule has 4 aliphatic heterocycles. The first kappa shape index (κ1) is 23.2. The molecule has 5 aliphatic rings. The largest absolute Gasteiger partial charge is 0.467 e. The van der Waals surface area contributed by atoms with E-state index in [-0.39, 0.29) is 12.1 Å². The third kappa shape index (κ3) is 4.65. The lowest BCUT2D eigenvalue weighted by Crippen LogP contribution is -2.52. The van der Waals surface area contributed by atoms with Crippen molar-refractivity contribution in [2.45, 2.75) is 69.3 Å². The van der Waals surface area contributed by atoms with E-state index in [1.54, 1.807) is 7.11 Å². The number of methoxy groups -OCH3 is 1. The first-order valence-electron chi connectivity index (χ1n) is 13.4. The van der Waals surface area contributed by atoms with Gasteiger partial charge in [-0.2, -0.15) is 9.97 Å². The van der Waals surface area contributed by atoms with Gasteiger partial charge in [-0.15, -0.1) is 0 Å². The van der Waals surface area contributed by atoms with E-state index in [4.69, 9.17) is 14.7 Å². The number of benzene rings is 1. The number of hydrogen-bond acceptors (Lipinski definition) is 8. The Hall–Kier alpha value is -2.26. The van der Waals surface area contributed by atoms with Crippen molar-refractivity contribution in [1.29, 1.82) is 0 Å². The van der Waals surface area contributed by atoms with Crippen LogP contribution in [0.5, 0.6) is 6.01 Å². The van der Waals surface area contributed by atoms with E-state index in [0.717, 1.165) is 56.1 Å². The highest BCUT2D eigenvalue weighted by Gasteiger charge is 2.38. The fraction of sp³-hybridized carbons (Fsp3) is 0.630.